The zero-order chi connectivity index (χ0) is 14.5. The van der Waals surface area contributed by atoms with E-state index in [9.17, 15) is 13.6 Å². The van der Waals surface area contributed by atoms with E-state index < -0.39 is 11.6 Å². The first-order chi connectivity index (χ1) is 9.60. The third-order valence-electron chi connectivity index (χ3n) is 3.79. The maximum absolute atomic E-state index is 13.1. The number of hydrogen-bond donors (Lipinski definition) is 1. The van der Waals surface area contributed by atoms with Gasteiger partial charge in [-0.15, -0.1) is 0 Å². The molecule has 0 unspecified atom stereocenters. The lowest BCUT2D eigenvalue weighted by molar-refractivity contribution is 0.0840. The van der Waals surface area contributed by atoms with E-state index in [2.05, 4.69) is 4.90 Å². The van der Waals surface area contributed by atoms with Crippen molar-refractivity contribution in [1.82, 2.24) is 4.90 Å². The fourth-order valence-electron chi connectivity index (χ4n) is 2.46. The molecule has 0 amide bonds. The Bertz CT molecular complexity index is 455. The standard InChI is InChI=1S/C15H19F2NO2/c16-12-8-11(9-13(17)10-12)15(20)4-5-18(6-7-19)14-2-1-3-14/h8-10,14,19H,1-7H2. The molecule has 3 nitrogen and oxygen atoms in total. The number of halogens is 2. The molecule has 1 aliphatic rings. The maximum atomic E-state index is 13.1. The van der Waals surface area contributed by atoms with Crippen molar-refractivity contribution in [2.45, 2.75) is 31.7 Å². The third-order valence-corrected chi connectivity index (χ3v) is 3.79. The number of carbonyl (C=O) groups is 1. The van der Waals surface area contributed by atoms with Gasteiger partial charge in [-0.3, -0.25) is 9.69 Å². The van der Waals surface area contributed by atoms with Crippen molar-refractivity contribution in [2.75, 3.05) is 19.7 Å². The number of ketones is 1. The number of aliphatic hydroxyl groups is 1. The highest BCUT2D eigenvalue weighted by Gasteiger charge is 2.24. The first-order valence-corrected chi connectivity index (χ1v) is 6.94. The normalized spacial score (nSPS) is 15.4. The summed E-state index contributed by atoms with van der Waals surface area (Å²) in [6.45, 7) is 1.11. The van der Waals surface area contributed by atoms with E-state index in [1.165, 1.54) is 6.42 Å². The molecule has 0 aliphatic heterocycles. The van der Waals surface area contributed by atoms with Gasteiger partial charge in [0.05, 0.1) is 6.61 Å². The monoisotopic (exact) mass is 283 g/mol. The number of aliphatic hydroxyl groups excluding tert-OH is 1. The summed E-state index contributed by atoms with van der Waals surface area (Å²) in [5.74, 6) is -1.75. The maximum Gasteiger partial charge on any atom is 0.164 e. The van der Waals surface area contributed by atoms with Crippen molar-refractivity contribution in [3.63, 3.8) is 0 Å². The van der Waals surface area contributed by atoms with E-state index in [1.54, 1.807) is 0 Å². The minimum Gasteiger partial charge on any atom is -0.395 e. The Morgan fingerprint density at radius 2 is 1.85 bits per heavy atom. The molecule has 1 aromatic rings. The highest BCUT2D eigenvalue weighted by atomic mass is 19.1. The summed E-state index contributed by atoms with van der Waals surface area (Å²) in [7, 11) is 0. The van der Waals surface area contributed by atoms with Crippen molar-refractivity contribution in [2.24, 2.45) is 0 Å². The zero-order valence-corrected chi connectivity index (χ0v) is 11.3. The predicted molar refractivity (Wildman–Crippen MR) is 71.6 cm³/mol. The van der Waals surface area contributed by atoms with Crippen molar-refractivity contribution >= 4 is 5.78 Å². The third kappa shape index (κ3) is 3.84. The fourth-order valence-corrected chi connectivity index (χ4v) is 2.46. The largest absolute Gasteiger partial charge is 0.395 e. The summed E-state index contributed by atoms with van der Waals surface area (Å²) in [5.41, 5.74) is 0.0695. The topological polar surface area (TPSA) is 40.5 Å². The molecular weight excluding hydrogens is 264 g/mol. The van der Waals surface area contributed by atoms with Gasteiger partial charge in [0.25, 0.3) is 0 Å². The van der Waals surface area contributed by atoms with E-state index in [0.29, 0.717) is 19.1 Å². The van der Waals surface area contributed by atoms with E-state index in [4.69, 9.17) is 5.11 Å². The second-order valence-electron chi connectivity index (χ2n) is 5.18. The second-order valence-corrected chi connectivity index (χ2v) is 5.18. The molecule has 0 spiro atoms. The number of carbonyl (C=O) groups excluding carboxylic acids is 1. The molecule has 1 saturated carbocycles. The second kappa shape index (κ2) is 6.90. The fraction of sp³-hybridized carbons (Fsp3) is 0.533. The summed E-state index contributed by atoms with van der Waals surface area (Å²) in [6, 6.07) is 3.30. The Morgan fingerprint density at radius 1 is 1.20 bits per heavy atom. The highest BCUT2D eigenvalue weighted by molar-refractivity contribution is 5.96. The number of Topliss-reactive ketones (excluding diaryl/α,β-unsaturated/α-hetero) is 1. The van der Waals surface area contributed by atoms with Crippen LogP contribution in [0.2, 0.25) is 0 Å². The van der Waals surface area contributed by atoms with Crippen LogP contribution in [0.15, 0.2) is 18.2 Å². The quantitative estimate of drug-likeness (QED) is 0.781. The molecule has 1 fully saturated rings. The van der Waals surface area contributed by atoms with Crippen molar-refractivity contribution < 1.29 is 18.7 Å². The van der Waals surface area contributed by atoms with Gasteiger partial charge >= 0.3 is 0 Å². The molecule has 0 aromatic heterocycles. The van der Waals surface area contributed by atoms with Gasteiger partial charge in [-0.25, -0.2) is 8.78 Å². The zero-order valence-electron chi connectivity index (χ0n) is 11.3. The van der Waals surface area contributed by atoms with E-state index in [1.807, 2.05) is 0 Å². The van der Waals surface area contributed by atoms with Gasteiger partial charge in [0.1, 0.15) is 11.6 Å². The summed E-state index contributed by atoms with van der Waals surface area (Å²) in [6.07, 6.45) is 3.56. The molecule has 1 aliphatic carbocycles. The summed E-state index contributed by atoms with van der Waals surface area (Å²) >= 11 is 0. The Kier molecular flexibility index (Phi) is 5.20. The Morgan fingerprint density at radius 3 is 2.35 bits per heavy atom. The first kappa shape index (κ1) is 15.1. The lowest BCUT2D eigenvalue weighted by Crippen LogP contribution is -2.42. The van der Waals surface area contributed by atoms with Crippen LogP contribution in [-0.4, -0.2) is 41.5 Å². The molecule has 1 aromatic carbocycles. The number of rotatable bonds is 7. The molecule has 0 bridgehead atoms. The van der Waals surface area contributed by atoms with Crippen LogP contribution < -0.4 is 0 Å². The number of nitrogens with zero attached hydrogens (tertiary/aromatic N) is 1. The van der Waals surface area contributed by atoms with Gasteiger partial charge in [-0.05, 0) is 25.0 Å². The first-order valence-electron chi connectivity index (χ1n) is 6.94. The van der Waals surface area contributed by atoms with E-state index in [0.717, 1.165) is 31.0 Å². The molecule has 110 valence electrons. The SMILES string of the molecule is O=C(CCN(CCO)C1CCC1)c1cc(F)cc(F)c1. The van der Waals surface area contributed by atoms with Crippen LogP contribution in [0.25, 0.3) is 0 Å². The lowest BCUT2D eigenvalue weighted by atomic mass is 9.91. The molecule has 2 rings (SSSR count). The summed E-state index contributed by atoms with van der Waals surface area (Å²) < 4.78 is 26.1. The summed E-state index contributed by atoms with van der Waals surface area (Å²) in [5, 5.41) is 9.03. The molecule has 20 heavy (non-hydrogen) atoms. The van der Waals surface area contributed by atoms with E-state index in [-0.39, 0.29) is 24.4 Å². The number of hydrogen-bond acceptors (Lipinski definition) is 3. The van der Waals surface area contributed by atoms with Crippen LogP contribution in [0, 0.1) is 11.6 Å². The van der Waals surface area contributed by atoms with Gasteiger partial charge in [-0.1, -0.05) is 6.42 Å². The molecule has 0 atom stereocenters. The van der Waals surface area contributed by atoms with Crippen LogP contribution >= 0.6 is 0 Å². The molecule has 0 radical (unpaired) electrons. The Balaban J connectivity index is 1.92. The molecule has 0 saturated heterocycles. The van der Waals surface area contributed by atoms with Crippen LogP contribution in [0.5, 0.6) is 0 Å². The number of benzene rings is 1. The van der Waals surface area contributed by atoms with Crippen molar-refractivity contribution in [3.8, 4) is 0 Å². The predicted octanol–water partition coefficient (Wildman–Crippen LogP) is 2.38. The highest BCUT2D eigenvalue weighted by Crippen LogP contribution is 2.24. The minimum absolute atomic E-state index is 0.0548. The van der Waals surface area contributed by atoms with Crippen molar-refractivity contribution in [1.29, 1.82) is 0 Å². The van der Waals surface area contributed by atoms with Gasteiger partial charge in [-0.2, -0.15) is 0 Å². The van der Waals surface area contributed by atoms with Crippen LogP contribution in [0.1, 0.15) is 36.0 Å². The summed E-state index contributed by atoms with van der Waals surface area (Å²) in [4.78, 5) is 14.0. The average molecular weight is 283 g/mol. The smallest absolute Gasteiger partial charge is 0.164 e. The van der Waals surface area contributed by atoms with Crippen LogP contribution in [-0.2, 0) is 0 Å². The van der Waals surface area contributed by atoms with Gasteiger partial charge in [0.2, 0.25) is 0 Å². The van der Waals surface area contributed by atoms with Crippen LogP contribution in [0.3, 0.4) is 0 Å². The average Bonchev–Trinajstić information content (AvgIpc) is 2.32. The van der Waals surface area contributed by atoms with Crippen LogP contribution in [0.4, 0.5) is 8.78 Å². The van der Waals surface area contributed by atoms with E-state index >= 15 is 0 Å². The molecule has 0 heterocycles. The van der Waals surface area contributed by atoms with Gasteiger partial charge in [0.15, 0.2) is 5.78 Å². The Labute approximate surface area is 117 Å². The lowest BCUT2D eigenvalue weighted by Gasteiger charge is -2.37. The van der Waals surface area contributed by atoms with Gasteiger partial charge in [0, 0.05) is 37.2 Å². The molecule has 1 N–H and O–H groups in total. The van der Waals surface area contributed by atoms with Crippen molar-refractivity contribution in [3.05, 3.63) is 35.4 Å². The molecule has 5 heteroatoms. The minimum atomic E-state index is -0.737. The molecular formula is C15H19F2NO2. The Hall–Kier alpha value is -1.33. The van der Waals surface area contributed by atoms with Gasteiger partial charge < -0.3 is 5.11 Å².